The molecule has 0 aromatic rings. The highest BCUT2D eigenvalue weighted by Crippen LogP contribution is 2.51. The van der Waals surface area contributed by atoms with Gasteiger partial charge in [-0.1, -0.05) is 30.7 Å². The van der Waals surface area contributed by atoms with E-state index < -0.39 is 5.60 Å². The van der Waals surface area contributed by atoms with E-state index in [2.05, 4.69) is 32.1 Å². The molecule has 0 aromatic heterocycles. The molecule has 1 N–H and O–H groups in total. The average Bonchev–Trinajstić information content (AvgIpc) is 2.15. The zero-order chi connectivity index (χ0) is 12.0. The van der Waals surface area contributed by atoms with E-state index in [-0.39, 0.29) is 0 Å². The normalized spacial score (nSPS) is 39.2. The van der Waals surface area contributed by atoms with Gasteiger partial charge in [-0.3, -0.25) is 0 Å². The number of rotatable bonds is 1. The van der Waals surface area contributed by atoms with E-state index in [9.17, 15) is 5.11 Å². The zero-order valence-corrected chi connectivity index (χ0v) is 11.0. The lowest BCUT2D eigenvalue weighted by Crippen LogP contribution is -2.42. The first-order valence-electron chi connectivity index (χ1n) is 6.41. The molecule has 16 heavy (non-hydrogen) atoms. The molecule has 0 radical (unpaired) electrons. The summed E-state index contributed by atoms with van der Waals surface area (Å²) in [6, 6.07) is 0. The van der Waals surface area contributed by atoms with Crippen LogP contribution in [0.3, 0.4) is 0 Å². The summed E-state index contributed by atoms with van der Waals surface area (Å²) in [6.07, 6.45) is 10.3. The van der Waals surface area contributed by atoms with Crippen molar-refractivity contribution < 1.29 is 5.11 Å². The van der Waals surface area contributed by atoms with Crippen molar-refractivity contribution in [2.24, 2.45) is 17.3 Å². The van der Waals surface area contributed by atoms with Crippen molar-refractivity contribution in [1.29, 1.82) is 0 Å². The Hall–Kier alpha value is -0.560. The van der Waals surface area contributed by atoms with Gasteiger partial charge in [0.05, 0.1) is 5.60 Å². The van der Waals surface area contributed by atoms with Gasteiger partial charge in [0.1, 0.15) is 0 Å². The van der Waals surface area contributed by atoms with Crippen LogP contribution >= 0.6 is 0 Å². The molecule has 2 aliphatic rings. The Morgan fingerprint density at radius 2 is 2.12 bits per heavy atom. The van der Waals surface area contributed by atoms with Crippen molar-refractivity contribution in [1.82, 2.24) is 0 Å². The van der Waals surface area contributed by atoms with Gasteiger partial charge in [-0.05, 0) is 57.3 Å². The standard InChI is InChI=1S/C15H24O/c1-11-6-5-8-15(4)9-7-12(10-13(11)15)14(2,3)16/h5-6,8,12-13,16H,7,9-10H2,1-4H3/t12-,13-,15-/m1/s1. The maximum Gasteiger partial charge on any atom is 0.0620 e. The molecule has 0 saturated heterocycles. The molecule has 0 heterocycles. The third-order valence-electron chi connectivity index (χ3n) is 4.73. The van der Waals surface area contributed by atoms with Gasteiger partial charge < -0.3 is 5.11 Å². The summed E-state index contributed by atoms with van der Waals surface area (Å²) < 4.78 is 0. The van der Waals surface area contributed by atoms with Crippen LogP contribution in [0.25, 0.3) is 0 Å². The molecule has 1 saturated carbocycles. The van der Waals surface area contributed by atoms with Gasteiger partial charge in [0.15, 0.2) is 0 Å². The molecular formula is C15H24O. The van der Waals surface area contributed by atoms with Crippen molar-refractivity contribution in [3.8, 4) is 0 Å². The van der Waals surface area contributed by atoms with Gasteiger partial charge in [0, 0.05) is 0 Å². The Kier molecular flexibility index (Phi) is 2.78. The van der Waals surface area contributed by atoms with E-state index >= 15 is 0 Å². The predicted molar refractivity (Wildman–Crippen MR) is 68.1 cm³/mol. The predicted octanol–water partition coefficient (Wildman–Crippen LogP) is 3.70. The first-order chi connectivity index (χ1) is 7.33. The lowest BCUT2D eigenvalue weighted by molar-refractivity contribution is -0.0249. The molecule has 1 heteroatoms. The first kappa shape index (κ1) is 11.9. The van der Waals surface area contributed by atoms with Crippen LogP contribution in [0.4, 0.5) is 0 Å². The molecule has 2 rings (SSSR count). The lowest BCUT2D eigenvalue weighted by atomic mass is 9.58. The van der Waals surface area contributed by atoms with E-state index in [1.807, 2.05) is 13.8 Å². The third-order valence-corrected chi connectivity index (χ3v) is 4.73. The zero-order valence-electron chi connectivity index (χ0n) is 11.0. The van der Waals surface area contributed by atoms with Gasteiger partial charge in [-0.25, -0.2) is 0 Å². The van der Waals surface area contributed by atoms with Crippen LogP contribution in [0, 0.1) is 17.3 Å². The smallest absolute Gasteiger partial charge is 0.0620 e. The molecule has 2 aliphatic carbocycles. The Morgan fingerprint density at radius 1 is 1.44 bits per heavy atom. The molecule has 0 bridgehead atoms. The summed E-state index contributed by atoms with van der Waals surface area (Å²) in [5.41, 5.74) is 1.29. The van der Waals surface area contributed by atoms with Crippen LogP contribution in [0.5, 0.6) is 0 Å². The molecule has 3 atom stereocenters. The maximum atomic E-state index is 10.2. The van der Waals surface area contributed by atoms with Crippen molar-refractivity contribution in [2.75, 3.05) is 0 Å². The van der Waals surface area contributed by atoms with Crippen molar-refractivity contribution >= 4 is 0 Å². The monoisotopic (exact) mass is 220 g/mol. The van der Waals surface area contributed by atoms with Crippen LogP contribution in [0.15, 0.2) is 23.8 Å². The summed E-state index contributed by atoms with van der Waals surface area (Å²) in [7, 11) is 0. The lowest BCUT2D eigenvalue weighted by Gasteiger charge is -2.47. The molecule has 1 fully saturated rings. The Bertz CT molecular complexity index is 332. The second-order valence-corrected chi connectivity index (χ2v) is 6.45. The highest BCUT2D eigenvalue weighted by atomic mass is 16.3. The number of hydrogen-bond acceptors (Lipinski definition) is 1. The largest absolute Gasteiger partial charge is 0.390 e. The molecule has 0 aromatic carbocycles. The van der Waals surface area contributed by atoms with Gasteiger partial charge in [0.25, 0.3) is 0 Å². The summed E-state index contributed by atoms with van der Waals surface area (Å²) in [5.74, 6) is 1.07. The minimum Gasteiger partial charge on any atom is -0.390 e. The molecule has 1 nitrogen and oxygen atoms in total. The van der Waals surface area contributed by atoms with Crippen LogP contribution in [0.1, 0.15) is 47.0 Å². The number of aliphatic hydroxyl groups is 1. The number of hydrogen-bond donors (Lipinski definition) is 1. The molecular weight excluding hydrogens is 196 g/mol. The van der Waals surface area contributed by atoms with E-state index in [4.69, 9.17) is 0 Å². The maximum absolute atomic E-state index is 10.2. The summed E-state index contributed by atoms with van der Waals surface area (Å²) >= 11 is 0. The fourth-order valence-corrected chi connectivity index (χ4v) is 3.41. The topological polar surface area (TPSA) is 20.2 Å². The van der Waals surface area contributed by atoms with Crippen molar-refractivity contribution in [3.63, 3.8) is 0 Å². The van der Waals surface area contributed by atoms with Gasteiger partial charge in [0.2, 0.25) is 0 Å². The van der Waals surface area contributed by atoms with Crippen LogP contribution in [-0.4, -0.2) is 10.7 Å². The minimum absolute atomic E-state index is 0.334. The Balaban J connectivity index is 2.21. The molecule has 0 spiro atoms. The molecule has 0 unspecified atom stereocenters. The van der Waals surface area contributed by atoms with Gasteiger partial charge >= 0.3 is 0 Å². The second kappa shape index (κ2) is 3.73. The third kappa shape index (κ3) is 1.98. The highest BCUT2D eigenvalue weighted by Gasteiger charge is 2.43. The molecule has 90 valence electrons. The van der Waals surface area contributed by atoms with Crippen LogP contribution in [-0.2, 0) is 0 Å². The Morgan fingerprint density at radius 3 is 2.75 bits per heavy atom. The van der Waals surface area contributed by atoms with E-state index in [0.29, 0.717) is 17.3 Å². The molecule has 0 amide bonds. The van der Waals surface area contributed by atoms with Crippen molar-refractivity contribution in [3.05, 3.63) is 23.8 Å². The average molecular weight is 220 g/mol. The SMILES string of the molecule is CC1=CC=C[C@]2(C)CC[C@@H](C(C)(C)O)C[C@H]12. The minimum atomic E-state index is -0.525. The summed E-state index contributed by atoms with van der Waals surface area (Å²) in [4.78, 5) is 0. The van der Waals surface area contributed by atoms with E-state index in [1.165, 1.54) is 12.0 Å². The van der Waals surface area contributed by atoms with E-state index in [0.717, 1.165) is 12.8 Å². The summed E-state index contributed by atoms with van der Waals surface area (Å²) in [6.45, 7) is 8.51. The Labute approximate surface area is 99.3 Å². The van der Waals surface area contributed by atoms with Gasteiger partial charge in [-0.15, -0.1) is 0 Å². The fourth-order valence-electron chi connectivity index (χ4n) is 3.41. The van der Waals surface area contributed by atoms with E-state index in [1.54, 1.807) is 0 Å². The molecule has 0 aliphatic heterocycles. The summed E-state index contributed by atoms with van der Waals surface area (Å²) in [5, 5.41) is 10.2. The van der Waals surface area contributed by atoms with Crippen LogP contribution in [0.2, 0.25) is 0 Å². The first-order valence-corrected chi connectivity index (χ1v) is 6.41. The highest BCUT2D eigenvalue weighted by molar-refractivity contribution is 5.26. The number of allylic oxidation sites excluding steroid dienone is 4. The van der Waals surface area contributed by atoms with Crippen molar-refractivity contribution in [2.45, 2.75) is 52.6 Å². The quantitative estimate of drug-likeness (QED) is 0.714. The second-order valence-electron chi connectivity index (χ2n) is 6.45. The number of fused-ring (bicyclic) bond motifs is 1. The van der Waals surface area contributed by atoms with Gasteiger partial charge in [-0.2, -0.15) is 0 Å². The van der Waals surface area contributed by atoms with Crippen LogP contribution < -0.4 is 0 Å². The fraction of sp³-hybridized carbons (Fsp3) is 0.733.